The third-order valence-electron chi connectivity index (χ3n) is 4.60. The van der Waals surface area contributed by atoms with Gasteiger partial charge in [0.25, 0.3) is 5.91 Å². The first-order chi connectivity index (χ1) is 12.5. The molecule has 1 aromatic heterocycles. The van der Waals surface area contributed by atoms with Crippen LogP contribution in [-0.2, 0) is 9.59 Å². The summed E-state index contributed by atoms with van der Waals surface area (Å²) in [6.45, 7) is 1.21. The maximum absolute atomic E-state index is 12.9. The lowest BCUT2D eigenvalue weighted by Gasteiger charge is -2.27. The molecule has 0 spiro atoms. The Labute approximate surface area is 152 Å². The van der Waals surface area contributed by atoms with E-state index < -0.39 is 29.4 Å². The number of ketones is 2. The third-order valence-corrected chi connectivity index (χ3v) is 4.60. The first-order valence-corrected chi connectivity index (χ1v) is 8.63. The summed E-state index contributed by atoms with van der Waals surface area (Å²) in [4.78, 5) is 41.7. The Bertz CT molecular complexity index is 783. The quantitative estimate of drug-likeness (QED) is 0.433. The minimum atomic E-state index is -1.07. The van der Waals surface area contributed by atoms with Crippen molar-refractivity contribution in [1.82, 2.24) is 9.80 Å². The summed E-state index contributed by atoms with van der Waals surface area (Å²) in [5.74, 6) is -2.67. The summed E-state index contributed by atoms with van der Waals surface area (Å²) in [7, 11) is 3.91. The fourth-order valence-electron chi connectivity index (χ4n) is 3.38. The first kappa shape index (κ1) is 18.1. The average Bonchev–Trinajstić information content (AvgIpc) is 3.24. The lowest BCUT2D eigenvalue weighted by Crippen LogP contribution is -2.33. The van der Waals surface area contributed by atoms with Gasteiger partial charge in [0.05, 0.1) is 12.3 Å². The molecule has 0 bridgehead atoms. The zero-order valence-corrected chi connectivity index (χ0v) is 14.9. The monoisotopic (exact) mass is 354 g/mol. The van der Waals surface area contributed by atoms with E-state index >= 15 is 0 Å². The van der Waals surface area contributed by atoms with E-state index in [9.17, 15) is 14.4 Å². The van der Waals surface area contributed by atoms with Crippen molar-refractivity contribution in [3.8, 4) is 0 Å². The van der Waals surface area contributed by atoms with Gasteiger partial charge in [-0.3, -0.25) is 14.4 Å². The highest BCUT2D eigenvalue weighted by molar-refractivity contribution is 6.43. The summed E-state index contributed by atoms with van der Waals surface area (Å²) in [5, 5.41) is 0. The van der Waals surface area contributed by atoms with Gasteiger partial charge in [-0.15, -0.1) is 0 Å². The van der Waals surface area contributed by atoms with Crippen LogP contribution in [0.4, 0.5) is 0 Å². The van der Waals surface area contributed by atoms with Gasteiger partial charge in [-0.2, -0.15) is 0 Å². The average molecular weight is 354 g/mol. The Hall–Kier alpha value is -2.73. The number of carbonyl (C=O) groups is 3. The Kier molecular flexibility index (Phi) is 5.32. The molecule has 1 aromatic carbocycles. The lowest BCUT2D eigenvalue weighted by atomic mass is 9.88. The molecular formula is C20H22N2O4. The predicted molar refractivity (Wildman–Crippen MR) is 95.6 cm³/mol. The molecule has 2 aromatic rings. The van der Waals surface area contributed by atoms with E-state index in [1.165, 1.54) is 17.2 Å². The largest absolute Gasteiger partial charge is 0.461 e. The summed E-state index contributed by atoms with van der Waals surface area (Å²) in [5.41, 5.74) is 0.779. The highest BCUT2D eigenvalue weighted by Crippen LogP contribution is 2.38. The van der Waals surface area contributed by atoms with E-state index in [0.717, 1.165) is 18.5 Å². The van der Waals surface area contributed by atoms with E-state index in [1.54, 1.807) is 6.07 Å². The number of furan rings is 1. The molecule has 2 unspecified atom stereocenters. The van der Waals surface area contributed by atoms with Crippen LogP contribution in [0.25, 0.3) is 0 Å². The van der Waals surface area contributed by atoms with Crippen molar-refractivity contribution < 1.29 is 18.8 Å². The summed E-state index contributed by atoms with van der Waals surface area (Å²) < 4.78 is 5.19. The molecule has 0 saturated carbocycles. The number of Topliss-reactive ketones (excluding diaryl/α,β-unsaturated/α-hetero) is 2. The minimum Gasteiger partial charge on any atom is -0.461 e. The second-order valence-corrected chi connectivity index (χ2v) is 6.69. The Morgan fingerprint density at radius 3 is 2.46 bits per heavy atom. The number of benzene rings is 1. The van der Waals surface area contributed by atoms with Crippen molar-refractivity contribution >= 4 is 17.5 Å². The van der Waals surface area contributed by atoms with Crippen LogP contribution < -0.4 is 0 Å². The first-order valence-electron chi connectivity index (χ1n) is 8.63. The molecule has 1 fully saturated rings. The molecule has 2 heterocycles. The van der Waals surface area contributed by atoms with Crippen LogP contribution in [0.15, 0.2) is 53.1 Å². The van der Waals surface area contributed by atoms with Gasteiger partial charge in [0.2, 0.25) is 11.6 Å². The molecular weight excluding hydrogens is 332 g/mol. The number of amides is 1. The van der Waals surface area contributed by atoms with Crippen LogP contribution in [-0.4, -0.2) is 54.5 Å². The highest BCUT2D eigenvalue weighted by Gasteiger charge is 2.51. The van der Waals surface area contributed by atoms with Crippen molar-refractivity contribution in [2.45, 2.75) is 12.5 Å². The van der Waals surface area contributed by atoms with E-state index in [-0.39, 0.29) is 5.76 Å². The Morgan fingerprint density at radius 1 is 1.12 bits per heavy atom. The van der Waals surface area contributed by atoms with Gasteiger partial charge in [0.1, 0.15) is 5.92 Å². The minimum absolute atomic E-state index is 0.104. The zero-order valence-electron chi connectivity index (χ0n) is 14.9. The van der Waals surface area contributed by atoms with Crippen molar-refractivity contribution in [2.24, 2.45) is 5.92 Å². The smallest absolute Gasteiger partial charge is 0.291 e. The van der Waals surface area contributed by atoms with Gasteiger partial charge in [0, 0.05) is 6.54 Å². The normalized spacial score (nSPS) is 20.2. The molecule has 3 rings (SSSR count). The van der Waals surface area contributed by atoms with Gasteiger partial charge >= 0.3 is 0 Å². The standard InChI is InChI=1S/C20H22N2O4/c1-21(2)11-7-12-22-17(14-8-4-3-5-9-14)16(19(24)20(22)25)18(23)15-10-6-13-26-15/h3-6,8-10,13,16-17H,7,11-12H2,1-2H3. The molecule has 6 nitrogen and oxygen atoms in total. The molecule has 0 N–H and O–H groups in total. The van der Waals surface area contributed by atoms with Gasteiger partial charge in [-0.25, -0.2) is 0 Å². The number of carbonyl (C=O) groups excluding carboxylic acids is 3. The zero-order chi connectivity index (χ0) is 18.7. The summed E-state index contributed by atoms with van der Waals surface area (Å²) >= 11 is 0. The lowest BCUT2D eigenvalue weighted by molar-refractivity contribution is -0.140. The van der Waals surface area contributed by atoms with Gasteiger partial charge in [-0.1, -0.05) is 30.3 Å². The van der Waals surface area contributed by atoms with Crippen molar-refractivity contribution in [3.05, 3.63) is 60.1 Å². The molecule has 1 saturated heterocycles. The number of nitrogens with zero attached hydrogens (tertiary/aromatic N) is 2. The topological polar surface area (TPSA) is 70.8 Å². The molecule has 0 aliphatic carbocycles. The van der Waals surface area contributed by atoms with Gasteiger partial charge in [0.15, 0.2) is 5.76 Å². The summed E-state index contributed by atoms with van der Waals surface area (Å²) in [6, 6.07) is 11.8. The molecule has 2 atom stereocenters. The molecule has 26 heavy (non-hydrogen) atoms. The predicted octanol–water partition coefficient (Wildman–Crippen LogP) is 2.18. The second kappa shape index (κ2) is 7.66. The maximum Gasteiger partial charge on any atom is 0.291 e. The maximum atomic E-state index is 12.9. The summed E-state index contributed by atoms with van der Waals surface area (Å²) in [6.07, 6.45) is 2.11. The molecule has 6 heteroatoms. The number of hydrogen-bond acceptors (Lipinski definition) is 5. The van der Waals surface area contributed by atoms with Crippen molar-refractivity contribution in [3.63, 3.8) is 0 Å². The van der Waals surface area contributed by atoms with Crippen LogP contribution >= 0.6 is 0 Å². The second-order valence-electron chi connectivity index (χ2n) is 6.69. The highest BCUT2D eigenvalue weighted by atomic mass is 16.3. The molecule has 1 aliphatic rings. The van der Waals surface area contributed by atoms with Crippen LogP contribution in [0.5, 0.6) is 0 Å². The van der Waals surface area contributed by atoms with E-state index in [2.05, 4.69) is 0 Å². The van der Waals surface area contributed by atoms with Crippen molar-refractivity contribution in [2.75, 3.05) is 27.2 Å². The van der Waals surface area contributed by atoms with Crippen LogP contribution in [0.3, 0.4) is 0 Å². The molecule has 0 radical (unpaired) electrons. The fraction of sp³-hybridized carbons (Fsp3) is 0.350. The Balaban J connectivity index is 1.95. The molecule has 136 valence electrons. The fourth-order valence-corrected chi connectivity index (χ4v) is 3.38. The van der Waals surface area contributed by atoms with E-state index in [4.69, 9.17) is 4.42 Å². The van der Waals surface area contributed by atoms with Crippen molar-refractivity contribution in [1.29, 1.82) is 0 Å². The molecule has 1 aliphatic heterocycles. The SMILES string of the molecule is CN(C)CCCN1C(=O)C(=O)C(C(=O)c2ccco2)C1c1ccccc1. The van der Waals surface area contributed by atoms with E-state index in [1.807, 2.05) is 49.3 Å². The number of rotatable bonds is 7. The van der Waals surface area contributed by atoms with Gasteiger partial charge in [-0.05, 0) is 44.8 Å². The van der Waals surface area contributed by atoms with Gasteiger partial charge < -0.3 is 14.2 Å². The number of hydrogen-bond donors (Lipinski definition) is 0. The van der Waals surface area contributed by atoms with Crippen LogP contribution in [0.1, 0.15) is 28.6 Å². The van der Waals surface area contributed by atoms with Crippen LogP contribution in [0.2, 0.25) is 0 Å². The Morgan fingerprint density at radius 2 is 1.85 bits per heavy atom. The third kappa shape index (κ3) is 3.46. The van der Waals surface area contributed by atoms with E-state index in [0.29, 0.717) is 6.54 Å². The van der Waals surface area contributed by atoms with Crippen LogP contribution in [0, 0.1) is 5.92 Å². The molecule has 1 amide bonds. The number of likely N-dealkylation sites (tertiary alicyclic amines) is 1.